The molecule has 6 fully saturated rings. The number of aliphatic hydroxyl groups is 4. The van der Waals surface area contributed by atoms with E-state index in [4.69, 9.17) is 52.9 Å². The van der Waals surface area contributed by atoms with Crippen molar-refractivity contribution in [2.45, 2.75) is 188 Å². The van der Waals surface area contributed by atoms with Gasteiger partial charge in [-0.05, 0) is 78.6 Å². The van der Waals surface area contributed by atoms with Crippen LogP contribution in [0.4, 0.5) is 18.4 Å². The molecule has 0 radical (unpaired) electrons. The molecule has 6 aliphatic rings. The van der Waals surface area contributed by atoms with Crippen molar-refractivity contribution in [1.29, 1.82) is 0 Å². The number of hydrogen-bond acceptors (Lipinski definition) is 18. The Hall–Kier alpha value is -6.22. The highest BCUT2D eigenvalue weighted by Gasteiger charge is 2.57. The molecule has 0 spiro atoms. The number of benzene rings is 4. The largest absolute Gasteiger partial charge is 0.445 e. The number of aliphatic hydroxyl groups excluding tert-OH is 4. The summed E-state index contributed by atoms with van der Waals surface area (Å²) in [6.45, 7) is 0.536. The molecule has 2 amide bonds. The molecule has 0 aromatic heterocycles. The number of ketones is 1. The molecule has 1 aliphatic carbocycles. The molecule has 4 aromatic carbocycles. The fourth-order valence-corrected chi connectivity index (χ4v) is 12.6. The van der Waals surface area contributed by atoms with Crippen molar-refractivity contribution < 1.29 is 91.0 Å². The van der Waals surface area contributed by atoms with Gasteiger partial charge in [-0.2, -0.15) is 0 Å². The van der Waals surface area contributed by atoms with E-state index in [1.165, 1.54) is 0 Å². The lowest BCUT2D eigenvalue weighted by molar-refractivity contribution is -0.316. The number of alkyl carbamates (subject to hydrolysis) is 2. The van der Waals surface area contributed by atoms with E-state index < -0.39 is 165 Å². The van der Waals surface area contributed by atoms with Gasteiger partial charge in [-0.15, -0.1) is 0 Å². The minimum Gasteiger partial charge on any atom is -0.445 e. The average Bonchev–Trinajstić information content (AvgIpc) is 1.59. The van der Waals surface area contributed by atoms with Crippen molar-refractivity contribution in [3.63, 3.8) is 0 Å². The Morgan fingerprint density at radius 3 is 1.80 bits per heavy atom. The second-order valence-corrected chi connectivity index (χ2v) is 23.1. The standard InChI is InChI=1S/C62H75F2N5O17/c1-34-27-40(28-42(71)35(2)62(63,64)33-66-69-65)50(72)56(53(34)84-57-41(67-60(75)77-31-36-15-7-3-8-16-36)29-47-45(81-57)25-23-43(79-47)38-19-11-5-12-20-38)86-59-52(74)55(48(30-70)83-59)85-58-49(68-61(76)78-32-37-17-9-4-10-18-37)51(73)54-46(82-58)26-24-44(80-54)39-21-13-6-14-22-39/h3-22,34-35,40-41,43-59,70,72-74H,23-33H2,1-2H3,(H,67,75)(H,68,76)/t34-,35+,40-,41?,43?,44?,45+,46-,47-,48+,49+,50-,51+,52+,53+,54+,55+,56+,57+,58+,59-/m0/s1. The minimum atomic E-state index is -3.72. The lowest BCUT2D eigenvalue weighted by Crippen LogP contribution is -2.66. The highest BCUT2D eigenvalue weighted by molar-refractivity contribution is 5.82. The van der Waals surface area contributed by atoms with Crippen LogP contribution in [0.1, 0.15) is 93.3 Å². The van der Waals surface area contributed by atoms with Crippen molar-refractivity contribution in [3.05, 3.63) is 154 Å². The number of carbonyl (C=O) groups is 3. The van der Waals surface area contributed by atoms with Gasteiger partial charge in [0.2, 0.25) is 0 Å². The zero-order valence-corrected chi connectivity index (χ0v) is 47.6. The third kappa shape index (κ3) is 15.0. The Kier molecular flexibility index (Phi) is 21.0. The fourth-order valence-electron chi connectivity index (χ4n) is 12.6. The summed E-state index contributed by atoms with van der Waals surface area (Å²) in [6.07, 6.45) is -18.8. The molecule has 10 rings (SSSR count). The molecular formula is C62H75F2N5O17. The lowest BCUT2D eigenvalue weighted by Gasteiger charge is -2.49. The van der Waals surface area contributed by atoms with Gasteiger partial charge in [-0.1, -0.05) is 133 Å². The molecule has 5 heterocycles. The number of azide groups is 1. The van der Waals surface area contributed by atoms with E-state index in [0.717, 1.165) is 23.6 Å². The Bertz CT molecular complexity index is 2890. The number of rotatable bonds is 21. The molecule has 86 heavy (non-hydrogen) atoms. The number of nitrogens with one attached hydrogen (secondary N) is 2. The second-order valence-electron chi connectivity index (χ2n) is 23.1. The first-order valence-electron chi connectivity index (χ1n) is 29.4. The fraction of sp³-hybridized carbons (Fsp3) is 0.565. The van der Waals surface area contributed by atoms with Gasteiger partial charge in [0.15, 0.2) is 18.9 Å². The maximum atomic E-state index is 15.2. The first-order chi connectivity index (χ1) is 41.6. The second kappa shape index (κ2) is 28.7. The third-order valence-corrected chi connectivity index (χ3v) is 17.3. The molecule has 21 atom stereocenters. The van der Waals surface area contributed by atoms with Gasteiger partial charge < -0.3 is 78.4 Å². The summed E-state index contributed by atoms with van der Waals surface area (Å²) in [6, 6.07) is 34.8. The van der Waals surface area contributed by atoms with Gasteiger partial charge in [-0.3, -0.25) is 4.79 Å². The minimum absolute atomic E-state index is 0.0183. The van der Waals surface area contributed by atoms with Crippen LogP contribution in [0.15, 0.2) is 126 Å². The summed E-state index contributed by atoms with van der Waals surface area (Å²) in [4.78, 5) is 43.5. The zero-order chi connectivity index (χ0) is 60.5. The van der Waals surface area contributed by atoms with Crippen LogP contribution < -0.4 is 10.6 Å². The number of halogens is 2. The van der Waals surface area contributed by atoms with Crippen LogP contribution in [0.3, 0.4) is 0 Å². The van der Waals surface area contributed by atoms with E-state index >= 15 is 8.78 Å². The average molecular weight is 1200 g/mol. The van der Waals surface area contributed by atoms with Crippen LogP contribution in [0.2, 0.25) is 0 Å². The quantitative estimate of drug-likeness (QED) is 0.0269. The number of ether oxygens (including phenoxy) is 10. The van der Waals surface area contributed by atoms with Crippen LogP contribution in [-0.2, 0) is 65.4 Å². The highest BCUT2D eigenvalue weighted by atomic mass is 19.3. The topological polar surface area (TPSA) is 297 Å². The summed E-state index contributed by atoms with van der Waals surface area (Å²) < 4.78 is 94.2. The van der Waals surface area contributed by atoms with Gasteiger partial charge in [-0.25, -0.2) is 18.4 Å². The predicted octanol–water partition coefficient (Wildman–Crippen LogP) is 7.41. The summed E-state index contributed by atoms with van der Waals surface area (Å²) in [7, 11) is 0. The molecule has 3 unspecified atom stereocenters. The summed E-state index contributed by atoms with van der Waals surface area (Å²) in [5.74, 6) is -8.31. The summed E-state index contributed by atoms with van der Waals surface area (Å²) in [5.41, 5.74) is 12.1. The number of amides is 2. The van der Waals surface area contributed by atoms with Gasteiger partial charge in [0, 0.05) is 17.8 Å². The van der Waals surface area contributed by atoms with E-state index in [1.54, 1.807) is 43.3 Å². The summed E-state index contributed by atoms with van der Waals surface area (Å²) in [5, 5.41) is 56.5. The van der Waals surface area contributed by atoms with Crippen LogP contribution >= 0.6 is 0 Å². The monoisotopic (exact) mass is 1200 g/mol. The molecule has 1 saturated carbocycles. The van der Waals surface area contributed by atoms with Crippen LogP contribution in [0.25, 0.3) is 10.4 Å². The van der Waals surface area contributed by atoms with Crippen LogP contribution in [-0.4, -0.2) is 156 Å². The molecule has 22 nitrogen and oxygen atoms in total. The molecule has 4 aromatic rings. The third-order valence-electron chi connectivity index (χ3n) is 17.3. The van der Waals surface area contributed by atoms with Crippen molar-refractivity contribution in [1.82, 2.24) is 10.6 Å². The Morgan fingerprint density at radius 1 is 0.651 bits per heavy atom. The smallest absolute Gasteiger partial charge is 0.407 e. The molecular weight excluding hydrogens is 1120 g/mol. The number of nitrogens with zero attached hydrogens (tertiary/aromatic N) is 3. The van der Waals surface area contributed by atoms with E-state index in [-0.39, 0.29) is 32.2 Å². The SMILES string of the molecule is C[C@H](C(=O)C[C@@H]1C[C@H](C)[C@@H](O[C@H]2O[C@@H]3CCC(c4ccccc4)O[C@H]3CC2NC(=O)OCc2ccccc2)[C@H](O[C@@H]2O[C@H](CO)[C@@H](O[C@H]3O[C@H]4CCC(c5ccccc5)O[C@H]4[C@H](O)[C@H]3NC(=O)OCc3ccccc3)[C@H]2O)[C@H]1O)C(F)(F)CN=[N+]=[N-]. The molecule has 24 heteroatoms. The predicted molar refractivity (Wildman–Crippen MR) is 299 cm³/mol. The van der Waals surface area contributed by atoms with Crippen molar-refractivity contribution in [2.24, 2.45) is 22.9 Å². The zero-order valence-electron chi connectivity index (χ0n) is 47.6. The van der Waals surface area contributed by atoms with E-state index in [9.17, 15) is 34.8 Å². The highest BCUT2D eigenvalue weighted by Crippen LogP contribution is 2.44. The molecule has 464 valence electrons. The number of Topliss-reactive ketones (excluding diaryl/α,β-unsaturated/α-hetero) is 1. The first-order valence-corrected chi connectivity index (χ1v) is 29.4. The lowest BCUT2D eigenvalue weighted by atomic mass is 9.73. The van der Waals surface area contributed by atoms with Crippen molar-refractivity contribution >= 4 is 18.0 Å². The van der Waals surface area contributed by atoms with Gasteiger partial charge in [0.25, 0.3) is 5.92 Å². The maximum Gasteiger partial charge on any atom is 0.407 e. The van der Waals surface area contributed by atoms with Crippen molar-refractivity contribution in [3.8, 4) is 0 Å². The molecule has 5 aliphatic heterocycles. The van der Waals surface area contributed by atoms with Crippen molar-refractivity contribution in [2.75, 3.05) is 13.2 Å². The van der Waals surface area contributed by atoms with Crippen LogP contribution in [0.5, 0.6) is 0 Å². The van der Waals surface area contributed by atoms with Gasteiger partial charge in [0.1, 0.15) is 61.7 Å². The number of hydrogen-bond donors (Lipinski definition) is 6. The van der Waals surface area contributed by atoms with E-state index in [2.05, 4.69) is 20.7 Å². The maximum absolute atomic E-state index is 15.2. The molecule has 0 bridgehead atoms. The van der Waals surface area contributed by atoms with E-state index in [0.29, 0.717) is 31.2 Å². The van der Waals surface area contributed by atoms with E-state index in [1.807, 2.05) is 84.9 Å². The first kappa shape index (κ1) is 62.8. The molecule has 6 N–H and O–H groups in total. The number of carbonyl (C=O) groups excluding carboxylic acids is 3. The van der Waals surface area contributed by atoms with Gasteiger partial charge in [0.05, 0.1) is 67.8 Å². The van der Waals surface area contributed by atoms with Gasteiger partial charge >= 0.3 is 12.2 Å². The number of fused-ring (bicyclic) bond motifs is 2. The molecule has 5 saturated heterocycles. The normalized spacial score (nSPS) is 34.7. The Balaban J connectivity index is 0.906. The Labute approximate surface area is 496 Å². The summed E-state index contributed by atoms with van der Waals surface area (Å²) >= 11 is 0. The Morgan fingerprint density at radius 2 is 1.20 bits per heavy atom. The van der Waals surface area contributed by atoms with Crippen LogP contribution in [0, 0.1) is 17.8 Å². The number of alkyl halides is 2.